The van der Waals surface area contributed by atoms with E-state index >= 15 is 0 Å². The van der Waals surface area contributed by atoms with Gasteiger partial charge in [-0.3, -0.25) is 19.1 Å². The molecule has 0 fully saturated rings. The van der Waals surface area contributed by atoms with Crippen LogP contribution in [-0.2, 0) is 24.8 Å². The maximum absolute atomic E-state index is 13.0. The molecule has 0 saturated carbocycles. The van der Waals surface area contributed by atoms with Crippen molar-refractivity contribution < 1.29 is 14.0 Å². The minimum Gasteiger partial charge on any atom is -0.354 e. The Hall–Kier alpha value is -3.75. The number of carbonyl (C=O) groups excluding carboxylic acids is 2. The lowest BCUT2D eigenvalue weighted by Gasteiger charge is -2.10. The normalized spacial score (nSPS) is 10.7. The zero-order valence-electron chi connectivity index (χ0n) is 17.6. The molecule has 9 heteroatoms. The summed E-state index contributed by atoms with van der Waals surface area (Å²) >= 11 is 0. The van der Waals surface area contributed by atoms with Gasteiger partial charge in [0, 0.05) is 31.2 Å². The number of carbonyl (C=O) groups is 2. The van der Waals surface area contributed by atoms with Crippen LogP contribution in [0.25, 0.3) is 0 Å². The van der Waals surface area contributed by atoms with Crippen LogP contribution in [0.4, 0.5) is 10.1 Å². The molecule has 0 bridgehead atoms. The molecule has 162 valence electrons. The number of nitrogens with zero attached hydrogens (tertiary/aromatic N) is 3. The standard InChI is InChI=1S/C22H24FN5O3/c1-14-18(15(2)27(3)26-14)10-11-24-20(29)13-28-12-4-5-19(22(28)31)21(30)25-17-8-6-16(23)7-9-17/h4-9,12H,10-11,13H2,1-3H3,(H,24,29)(H,25,30). The molecule has 0 aliphatic carbocycles. The summed E-state index contributed by atoms with van der Waals surface area (Å²) in [5, 5.41) is 9.69. The summed E-state index contributed by atoms with van der Waals surface area (Å²) in [4.78, 5) is 37.4. The van der Waals surface area contributed by atoms with Gasteiger partial charge < -0.3 is 15.2 Å². The number of hydrogen-bond donors (Lipinski definition) is 2. The van der Waals surface area contributed by atoms with Crippen molar-refractivity contribution in [2.75, 3.05) is 11.9 Å². The Balaban J connectivity index is 1.61. The third kappa shape index (κ3) is 5.25. The molecule has 1 aromatic carbocycles. The molecule has 0 aliphatic heterocycles. The molecular weight excluding hydrogens is 401 g/mol. The summed E-state index contributed by atoms with van der Waals surface area (Å²) in [5.41, 5.74) is 2.71. The van der Waals surface area contributed by atoms with Crippen molar-refractivity contribution in [1.82, 2.24) is 19.7 Å². The van der Waals surface area contributed by atoms with Crippen molar-refractivity contribution in [3.63, 3.8) is 0 Å². The number of anilines is 1. The molecule has 2 amide bonds. The first kappa shape index (κ1) is 21.9. The molecule has 0 saturated heterocycles. The van der Waals surface area contributed by atoms with E-state index in [1.54, 1.807) is 4.68 Å². The van der Waals surface area contributed by atoms with Gasteiger partial charge in [-0.1, -0.05) is 0 Å². The molecule has 31 heavy (non-hydrogen) atoms. The number of pyridine rings is 1. The Morgan fingerprint density at radius 2 is 1.84 bits per heavy atom. The highest BCUT2D eigenvalue weighted by Gasteiger charge is 2.14. The zero-order valence-corrected chi connectivity index (χ0v) is 17.6. The topological polar surface area (TPSA) is 98.0 Å². The van der Waals surface area contributed by atoms with Gasteiger partial charge in [-0.25, -0.2) is 4.39 Å². The quantitative estimate of drug-likeness (QED) is 0.605. The van der Waals surface area contributed by atoms with Crippen molar-refractivity contribution in [3.8, 4) is 0 Å². The van der Waals surface area contributed by atoms with Crippen molar-refractivity contribution >= 4 is 17.5 Å². The molecule has 0 aliphatic rings. The van der Waals surface area contributed by atoms with E-state index in [1.165, 1.54) is 47.2 Å². The van der Waals surface area contributed by atoms with Crippen LogP contribution < -0.4 is 16.2 Å². The maximum Gasteiger partial charge on any atom is 0.263 e. The van der Waals surface area contributed by atoms with Gasteiger partial charge >= 0.3 is 0 Å². The monoisotopic (exact) mass is 425 g/mol. The number of amides is 2. The molecule has 2 aromatic heterocycles. The highest BCUT2D eigenvalue weighted by molar-refractivity contribution is 6.04. The number of rotatable bonds is 7. The van der Waals surface area contributed by atoms with E-state index in [0.29, 0.717) is 18.7 Å². The second kappa shape index (κ2) is 9.38. The number of aromatic nitrogens is 3. The first-order valence-electron chi connectivity index (χ1n) is 9.78. The number of hydrogen-bond acceptors (Lipinski definition) is 4. The van der Waals surface area contributed by atoms with Crippen LogP contribution in [0.1, 0.15) is 27.3 Å². The van der Waals surface area contributed by atoms with Gasteiger partial charge in [-0.05, 0) is 62.2 Å². The van der Waals surface area contributed by atoms with Gasteiger partial charge in [0.1, 0.15) is 17.9 Å². The summed E-state index contributed by atoms with van der Waals surface area (Å²) in [6, 6.07) is 8.11. The molecule has 2 heterocycles. The fourth-order valence-electron chi connectivity index (χ4n) is 3.28. The molecule has 8 nitrogen and oxygen atoms in total. The van der Waals surface area contributed by atoms with Crippen molar-refractivity contribution in [1.29, 1.82) is 0 Å². The summed E-state index contributed by atoms with van der Waals surface area (Å²) in [6.07, 6.45) is 2.08. The number of halogens is 1. The third-order valence-corrected chi connectivity index (χ3v) is 5.04. The number of aryl methyl sites for hydroxylation is 2. The lowest BCUT2D eigenvalue weighted by atomic mass is 10.1. The zero-order chi connectivity index (χ0) is 22.5. The Morgan fingerprint density at radius 1 is 1.13 bits per heavy atom. The van der Waals surface area contributed by atoms with Crippen molar-refractivity contribution in [2.24, 2.45) is 7.05 Å². The van der Waals surface area contributed by atoms with Gasteiger partial charge in [0.25, 0.3) is 11.5 Å². The van der Waals surface area contributed by atoms with Gasteiger partial charge in [0.2, 0.25) is 5.91 Å². The van der Waals surface area contributed by atoms with Crippen LogP contribution in [-0.4, -0.2) is 32.7 Å². The predicted molar refractivity (Wildman–Crippen MR) is 114 cm³/mol. The van der Waals surface area contributed by atoms with E-state index in [1.807, 2.05) is 20.9 Å². The van der Waals surface area contributed by atoms with Crippen LogP contribution in [0.3, 0.4) is 0 Å². The highest BCUT2D eigenvalue weighted by atomic mass is 19.1. The number of nitrogens with one attached hydrogen (secondary N) is 2. The van der Waals surface area contributed by atoms with E-state index in [-0.39, 0.29) is 18.0 Å². The van der Waals surface area contributed by atoms with E-state index < -0.39 is 17.3 Å². The summed E-state index contributed by atoms with van der Waals surface area (Å²) < 4.78 is 16.0. The summed E-state index contributed by atoms with van der Waals surface area (Å²) in [5.74, 6) is -1.40. The van der Waals surface area contributed by atoms with Crippen LogP contribution in [0.15, 0.2) is 47.4 Å². The summed E-state index contributed by atoms with van der Waals surface area (Å²) in [6.45, 7) is 4.10. The highest BCUT2D eigenvalue weighted by Crippen LogP contribution is 2.12. The largest absolute Gasteiger partial charge is 0.354 e. The summed E-state index contributed by atoms with van der Waals surface area (Å²) in [7, 11) is 1.87. The van der Waals surface area contributed by atoms with E-state index in [4.69, 9.17) is 0 Å². The molecule has 0 atom stereocenters. The van der Waals surface area contributed by atoms with Crippen molar-refractivity contribution in [2.45, 2.75) is 26.8 Å². The molecular formula is C22H24FN5O3. The fraction of sp³-hybridized carbons (Fsp3) is 0.273. The Morgan fingerprint density at radius 3 is 2.48 bits per heavy atom. The van der Waals surface area contributed by atoms with Gasteiger partial charge in [0.05, 0.1) is 5.69 Å². The van der Waals surface area contributed by atoms with E-state index in [9.17, 15) is 18.8 Å². The Kier molecular flexibility index (Phi) is 6.64. The minimum absolute atomic E-state index is 0.110. The van der Waals surface area contributed by atoms with Crippen LogP contribution in [0, 0.1) is 19.7 Å². The lowest BCUT2D eigenvalue weighted by molar-refractivity contribution is -0.121. The molecule has 0 unspecified atom stereocenters. The molecule has 2 N–H and O–H groups in total. The van der Waals surface area contributed by atoms with Crippen molar-refractivity contribution in [3.05, 3.63) is 81.3 Å². The second-order valence-corrected chi connectivity index (χ2v) is 7.19. The Bertz CT molecular complexity index is 1160. The number of benzene rings is 1. The van der Waals surface area contributed by atoms with Crippen LogP contribution in [0.2, 0.25) is 0 Å². The second-order valence-electron chi connectivity index (χ2n) is 7.19. The van der Waals surface area contributed by atoms with Gasteiger partial charge in [-0.2, -0.15) is 5.10 Å². The first-order chi connectivity index (χ1) is 14.8. The predicted octanol–water partition coefficient (Wildman–Crippen LogP) is 1.95. The van der Waals surface area contributed by atoms with Crippen LogP contribution in [0.5, 0.6) is 0 Å². The maximum atomic E-state index is 13.0. The molecule has 3 aromatic rings. The smallest absolute Gasteiger partial charge is 0.263 e. The Labute approximate surface area is 178 Å². The molecule has 0 spiro atoms. The van der Waals surface area contributed by atoms with Crippen LogP contribution >= 0.6 is 0 Å². The lowest BCUT2D eigenvalue weighted by Crippen LogP contribution is -2.35. The molecule has 3 rings (SSSR count). The average Bonchev–Trinajstić information content (AvgIpc) is 2.97. The minimum atomic E-state index is -0.631. The molecule has 0 radical (unpaired) electrons. The third-order valence-electron chi connectivity index (χ3n) is 5.04. The SMILES string of the molecule is Cc1nn(C)c(C)c1CCNC(=O)Cn1cccc(C(=O)Nc2ccc(F)cc2)c1=O. The van der Waals surface area contributed by atoms with Gasteiger partial charge in [-0.15, -0.1) is 0 Å². The van der Waals surface area contributed by atoms with E-state index in [0.717, 1.165) is 17.0 Å². The fourth-order valence-corrected chi connectivity index (χ4v) is 3.28. The first-order valence-corrected chi connectivity index (χ1v) is 9.78. The van der Waals surface area contributed by atoms with Gasteiger partial charge in [0.15, 0.2) is 0 Å². The van der Waals surface area contributed by atoms with E-state index in [2.05, 4.69) is 15.7 Å². The average molecular weight is 425 g/mol.